The van der Waals surface area contributed by atoms with Gasteiger partial charge in [0.25, 0.3) is 0 Å². The third kappa shape index (κ3) is 1.93. The summed E-state index contributed by atoms with van der Waals surface area (Å²) >= 11 is 0. The molecule has 0 fully saturated rings. The van der Waals surface area contributed by atoms with Crippen LogP contribution in [0.15, 0.2) is 53.9 Å². The molecular formula is C12H13NO2. The highest BCUT2D eigenvalue weighted by Gasteiger charge is 2.23. The molecule has 0 spiro atoms. The molecule has 2 rings (SSSR count). The Hall–Kier alpha value is -1.58. The Morgan fingerprint density at radius 2 is 1.93 bits per heavy atom. The summed E-state index contributed by atoms with van der Waals surface area (Å²) in [7, 11) is 0. The molecule has 0 saturated heterocycles. The van der Waals surface area contributed by atoms with Crippen LogP contribution < -0.4 is 4.65 Å². The van der Waals surface area contributed by atoms with Gasteiger partial charge in [-0.25, -0.2) is 0 Å². The number of quaternary nitrogens is 1. The summed E-state index contributed by atoms with van der Waals surface area (Å²) in [5, 5.41) is 21.9. The minimum absolute atomic E-state index is 0.0708. The van der Waals surface area contributed by atoms with E-state index in [2.05, 4.69) is 0 Å². The molecule has 0 bridgehead atoms. The van der Waals surface area contributed by atoms with Gasteiger partial charge in [-0.05, 0) is 25.1 Å². The Kier molecular flexibility index (Phi) is 2.34. The maximum absolute atomic E-state index is 12.4. The average molecular weight is 203 g/mol. The van der Waals surface area contributed by atoms with Crippen LogP contribution in [0.2, 0.25) is 0 Å². The third-order valence-corrected chi connectivity index (χ3v) is 2.40. The van der Waals surface area contributed by atoms with Crippen molar-refractivity contribution in [3.63, 3.8) is 0 Å². The first-order chi connectivity index (χ1) is 7.10. The van der Waals surface area contributed by atoms with E-state index in [9.17, 15) is 10.3 Å². The van der Waals surface area contributed by atoms with Crippen LogP contribution in [0.5, 0.6) is 0 Å². The van der Waals surface area contributed by atoms with Crippen molar-refractivity contribution in [1.29, 1.82) is 0 Å². The highest BCUT2D eigenvalue weighted by molar-refractivity contribution is 5.49. The topological polar surface area (TPSA) is 43.3 Å². The van der Waals surface area contributed by atoms with Crippen LogP contribution in [-0.2, 0) is 0 Å². The molecule has 0 amide bonds. The first kappa shape index (κ1) is 9.96. The van der Waals surface area contributed by atoms with E-state index < -0.39 is 4.65 Å². The number of allylic oxidation sites excluding steroid dienone is 2. The van der Waals surface area contributed by atoms with Crippen molar-refractivity contribution in [1.82, 2.24) is 4.65 Å². The molecule has 1 heterocycles. The third-order valence-electron chi connectivity index (χ3n) is 2.40. The van der Waals surface area contributed by atoms with Crippen molar-refractivity contribution in [2.75, 3.05) is 6.54 Å². The molecule has 0 unspecified atom stereocenters. The summed E-state index contributed by atoms with van der Waals surface area (Å²) in [6, 6.07) is 9.06. The van der Waals surface area contributed by atoms with Crippen LogP contribution in [0.1, 0.15) is 6.92 Å². The van der Waals surface area contributed by atoms with Crippen molar-refractivity contribution in [3.05, 3.63) is 59.1 Å². The molecular weight excluding hydrogens is 190 g/mol. The average Bonchev–Trinajstić information content (AvgIpc) is 2.17. The predicted octanol–water partition coefficient (Wildman–Crippen LogP) is 2.85. The molecule has 1 aromatic carbocycles. The quantitative estimate of drug-likeness (QED) is 0.563. The van der Waals surface area contributed by atoms with E-state index in [4.69, 9.17) is 0 Å². The van der Waals surface area contributed by atoms with Gasteiger partial charge in [0.2, 0.25) is 0 Å². The van der Waals surface area contributed by atoms with Gasteiger partial charge in [-0.1, -0.05) is 18.2 Å². The van der Waals surface area contributed by atoms with Crippen LogP contribution in [-0.4, -0.2) is 11.7 Å². The summed E-state index contributed by atoms with van der Waals surface area (Å²) in [4.78, 5) is 0. The van der Waals surface area contributed by atoms with E-state index in [1.54, 1.807) is 24.4 Å². The Labute approximate surface area is 88.7 Å². The Morgan fingerprint density at radius 3 is 2.53 bits per heavy atom. The summed E-state index contributed by atoms with van der Waals surface area (Å²) in [6.45, 7) is 1.88. The monoisotopic (exact) mass is 203 g/mol. The maximum atomic E-state index is 12.4. The molecule has 3 nitrogen and oxygen atoms in total. The van der Waals surface area contributed by atoms with Crippen LogP contribution in [0.3, 0.4) is 0 Å². The number of benzene rings is 1. The number of hydroxylamine groups is 2. The molecule has 78 valence electrons. The van der Waals surface area contributed by atoms with Gasteiger partial charge in [0.1, 0.15) is 24.2 Å². The van der Waals surface area contributed by atoms with E-state index in [1.165, 1.54) is 0 Å². The van der Waals surface area contributed by atoms with Crippen molar-refractivity contribution < 1.29 is 5.11 Å². The normalized spacial score (nSPS) is 25.7. The molecule has 0 radical (unpaired) electrons. The number of hydrogen-bond acceptors (Lipinski definition) is 2. The second-order valence-electron chi connectivity index (χ2n) is 3.80. The van der Waals surface area contributed by atoms with Crippen LogP contribution in [0.25, 0.3) is 0 Å². The molecule has 1 N–H and O–H groups in total. The lowest BCUT2D eigenvalue weighted by Gasteiger charge is -2.40. The van der Waals surface area contributed by atoms with Gasteiger partial charge in [0, 0.05) is 5.57 Å². The Morgan fingerprint density at radius 1 is 1.27 bits per heavy atom. The molecule has 15 heavy (non-hydrogen) atoms. The summed E-state index contributed by atoms with van der Waals surface area (Å²) in [6.07, 6.45) is 3.23. The molecule has 1 aliphatic heterocycles. The molecule has 3 heteroatoms. The number of rotatable bonds is 1. The number of aliphatic hydroxyl groups is 1. The van der Waals surface area contributed by atoms with Gasteiger partial charge in [-0.3, -0.25) is 4.65 Å². The summed E-state index contributed by atoms with van der Waals surface area (Å²) < 4.78 is -0.616. The van der Waals surface area contributed by atoms with Gasteiger partial charge < -0.3 is 10.3 Å². The number of nitrogens with zero attached hydrogens (tertiary/aromatic N) is 1. The Bertz CT molecular complexity index is 423. The first-order valence-corrected chi connectivity index (χ1v) is 4.83. The van der Waals surface area contributed by atoms with Gasteiger partial charge in [-0.15, -0.1) is 0 Å². The zero-order chi connectivity index (χ0) is 10.9. The lowest BCUT2D eigenvalue weighted by Crippen LogP contribution is -2.40. The summed E-state index contributed by atoms with van der Waals surface area (Å²) in [5.41, 5.74) is 1.43. The van der Waals surface area contributed by atoms with Gasteiger partial charge in [-0.2, -0.15) is 0 Å². The van der Waals surface area contributed by atoms with Crippen LogP contribution >= 0.6 is 0 Å². The highest BCUT2D eigenvalue weighted by atomic mass is 16.5. The summed E-state index contributed by atoms with van der Waals surface area (Å²) in [5.74, 6) is 0.133. The highest BCUT2D eigenvalue weighted by Crippen LogP contribution is 2.27. The molecule has 0 saturated carbocycles. The largest absolute Gasteiger partial charge is 0.622 e. The van der Waals surface area contributed by atoms with Crippen LogP contribution in [0.4, 0.5) is 5.69 Å². The SMILES string of the molecule is CC1=C[N@@+]([O-])(c2ccccc2)CC(O)=C1. The van der Waals surface area contributed by atoms with Gasteiger partial charge >= 0.3 is 0 Å². The lowest BCUT2D eigenvalue weighted by molar-refractivity contribution is 0.346. The van der Waals surface area contributed by atoms with Crippen molar-refractivity contribution in [2.24, 2.45) is 0 Å². The number of para-hydroxylation sites is 1. The first-order valence-electron chi connectivity index (χ1n) is 4.83. The van der Waals surface area contributed by atoms with E-state index >= 15 is 0 Å². The molecule has 0 aromatic heterocycles. The second kappa shape index (κ2) is 3.53. The fraction of sp³-hybridized carbons (Fsp3) is 0.167. The van der Waals surface area contributed by atoms with Crippen LogP contribution in [0, 0.1) is 5.21 Å². The Balaban J connectivity index is 2.42. The van der Waals surface area contributed by atoms with E-state index in [0.717, 1.165) is 5.57 Å². The number of aliphatic hydroxyl groups excluding tert-OH is 1. The predicted molar refractivity (Wildman–Crippen MR) is 60.9 cm³/mol. The zero-order valence-corrected chi connectivity index (χ0v) is 8.55. The van der Waals surface area contributed by atoms with E-state index in [0.29, 0.717) is 5.69 Å². The molecule has 1 aliphatic rings. The molecule has 0 aliphatic carbocycles. The lowest BCUT2D eigenvalue weighted by atomic mass is 10.2. The molecule has 1 atom stereocenters. The van der Waals surface area contributed by atoms with Crippen molar-refractivity contribution in [2.45, 2.75) is 6.92 Å². The van der Waals surface area contributed by atoms with Gasteiger partial charge in [0.15, 0.2) is 0 Å². The minimum atomic E-state index is -0.616. The van der Waals surface area contributed by atoms with Crippen molar-refractivity contribution >= 4 is 5.69 Å². The zero-order valence-electron chi connectivity index (χ0n) is 8.55. The fourth-order valence-corrected chi connectivity index (χ4v) is 1.81. The number of hydrogen-bond donors (Lipinski definition) is 1. The maximum Gasteiger partial charge on any atom is 0.148 e. The minimum Gasteiger partial charge on any atom is -0.622 e. The van der Waals surface area contributed by atoms with Gasteiger partial charge in [0.05, 0.1) is 0 Å². The fourth-order valence-electron chi connectivity index (χ4n) is 1.81. The molecule has 1 aromatic rings. The van der Waals surface area contributed by atoms with E-state index in [1.807, 2.05) is 25.1 Å². The van der Waals surface area contributed by atoms with E-state index in [-0.39, 0.29) is 12.3 Å². The van der Waals surface area contributed by atoms with Crippen molar-refractivity contribution in [3.8, 4) is 0 Å². The standard InChI is InChI=1S/C12H13NO2/c1-10-7-12(14)9-13(15,8-10)11-5-3-2-4-6-11/h2-8,14H,9H2,1H3/t13-/m0/s1. The smallest absolute Gasteiger partial charge is 0.148 e. The second-order valence-corrected chi connectivity index (χ2v) is 3.80.